The van der Waals surface area contributed by atoms with Crippen molar-refractivity contribution in [1.29, 1.82) is 0 Å². The molecule has 1 amide bonds. The van der Waals surface area contributed by atoms with E-state index in [4.69, 9.17) is 31.0 Å². The van der Waals surface area contributed by atoms with E-state index < -0.39 is 4.92 Å². The summed E-state index contributed by atoms with van der Waals surface area (Å²) in [4.78, 5) is 41.1. The second-order valence-corrected chi connectivity index (χ2v) is 10.9. The molecule has 0 radical (unpaired) electrons. The number of rotatable bonds is 11. The Labute approximate surface area is 263 Å². The fourth-order valence-corrected chi connectivity index (χ4v) is 5.03. The Morgan fingerprint density at radius 1 is 1.04 bits per heavy atom. The Morgan fingerprint density at radius 3 is 2.60 bits per heavy atom. The van der Waals surface area contributed by atoms with Gasteiger partial charge in [-0.25, -0.2) is 4.98 Å². The standard InChI is InChI=1S/C31H29ClN8O5/c1-37(30(41)21-8-10-23(11-9-21)40(42)43)13-14-38(2)31-35-28(33-16-20-7-12-25-26(15-20)45-19-44-25)27-29(36-31)39(18-34-27)17-22-5-3-4-6-24(22)32/h3-12,15,18H,13-14,16-17,19H2,1-2H3,(H,33,35,36). The number of hydrogen-bond donors (Lipinski definition) is 1. The van der Waals surface area contributed by atoms with Gasteiger partial charge in [-0.2, -0.15) is 9.97 Å². The highest BCUT2D eigenvalue weighted by atomic mass is 35.5. The third-order valence-corrected chi connectivity index (χ3v) is 7.80. The van der Waals surface area contributed by atoms with E-state index in [2.05, 4.69) is 10.3 Å². The van der Waals surface area contributed by atoms with Crippen LogP contribution in [0.15, 0.2) is 73.1 Å². The van der Waals surface area contributed by atoms with Crippen LogP contribution >= 0.6 is 11.6 Å². The van der Waals surface area contributed by atoms with Gasteiger partial charge in [-0.15, -0.1) is 0 Å². The van der Waals surface area contributed by atoms with Crippen LogP contribution in [0.2, 0.25) is 5.02 Å². The first-order valence-corrected chi connectivity index (χ1v) is 14.4. The van der Waals surface area contributed by atoms with Crippen molar-refractivity contribution in [3.63, 3.8) is 0 Å². The number of nitrogens with zero attached hydrogens (tertiary/aromatic N) is 7. The lowest BCUT2D eigenvalue weighted by atomic mass is 10.2. The van der Waals surface area contributed by atoms with Crippen molar-refractivity contribution in [3.05, 3.63) is 105 Å². The van der Waals surface area contributed by atoms with E-state index in [0.717, 1.165) is 11.1 Å². The van der Waals surface area contributed by atoms with Gasteiger partial charge < -0.3 is 29.2 Å². The molecule has 0 fully saturated rings. The number of ether oxygens (including phenoxy) is 2. The van der Waals surface area contributed by atoms with E-state index in [1.807, 2.05) is 59.0 Å². The fourth-order valence-electron chi connectivity index (χ4n) is 4.84. The molecule has 0 spiro atoms. The number of amides is 1. The first-order valence-electron chi connectivity index (χ1n) is 14.1. The molecule has 230 valence electrons. The smallest absolute Gasteiger partial charge is 0.269 e. The number of nitrogens with one attached hydrogen (secondary N) is 1. The van der Waals surface area contributed by atoms with Gasteiger partial charge in [0.1, 0.15) is 0 Å². The van der Waals surface area contributed by atoms with E-state index in [0.29, 0.717) is 71.2 Å². The zero-order chi connectivity index (χ0) is 31.5. The highest BCUT2D eigenvalue weighted by Crippen LogP contribution is 2.33. The number of carbonyl (C=O) groups is 1. The zero-order valence-electron chi connectivity index (χ0n) is 24.5. The lowest BCUT2D eigenvalue weighted by Crippen LogP contribution is -2.35. The minimum atomic E-state index is -0.498. The topological polar surface area (TPSA) is 141 Å². The SMILES string of the molecule is CN(CCN(C)c1nc(NCc2ccc3c(c2)OCO3)c2ncn(Cc3ccccc3Cl)c2n1)C(=O)c1ccc([N+](=O)[O-])cc1. The first-order chi connectivity index (χ1) is 21.8. The monoisotopic (exact) mass is 628 g/mol. The number of fused-ring (bicyclic) bond motifs is 2. The number of nitro groups is 1. The van der Waals surface area contributed by atoms with Crippen LogP contribution in [0.5, 0.6) is 11.5 Å². The Kier molecular flexibility index (Phi) is 8.34. The number of nitro benzene ring substituents is 1. The Morgan fingerprint density at radius 2 is 1.82 bits per heavy atom. The summed E-state index contributed by atoms with van der Waals surface area (Å²) in [5, 5.41) is 15.0. The number of aromatic nitrogens is 4. The van der Waals surface area contributed by atoms with E-state index in [9.17, 15) is 14.9 Å². The Balaban J connectivity index is 1.23. The molecule has 45 heavy (non-hydrogen) atoms. The Hall–Kier alpha value is -5.43. The van der Waals surface area contributed by atoms with Gasteiger partial charge in [-0.3, -0.25) is 14.9 Å². The second kappa shape index (κ2) is 12.7. The van der Waals surface area contributed by atoms with Gasteiger partial charge in [-0.1, -0.05) is 35.9 Å². The molecule has 0 atom stereocenters. The largest absolute Gasteiger partial charge is 0.454 e. The molecule has 1 aliphatic heterocycles. The number of hydrogen-bond acceptors (Lipinski definition) is 10. The number of imidazole rings is 1. The molecule has 2 aromatic heterocycles. The molecule has 1 aliphatic rings. The maximum Gasteiger partial charge on any atom is 0.269 e. The minimum Gasteiger partial charge on any atom is -0.454 e. The van der Waals surface area contributed by atoms with Crippen LogP contribution in [0.25, 0.3) is 11.2 Å². The number of anilines is 2. The molecule has 3 heterocycles. The summed E-state index contributed by atoms with van der Waals surface area (Å²) in [7, 11) is 3.53. The van der Waals surface area contributed by atoms with E-state index >= 15 is 0 Å². The molecule has 5 aromatic rings. The summed E-state index contributed by atoms with van der Waals surface area (Å²) < 4.78 is 12.9. The lowest BCUT2D eigenvalue weighted by Gasteiger charge is -2.23. The van der Waals surface area contributed by atoms with Crippen LogP contribution in [0.4, 0.5) is 17.5 Å². The number of benzene rings is 3. The average molecular weight is 629 g/mol. The molecule has 3 aromatic carbocycles. The number of likely N-dealkylation sites (N-methyl/N-ethyl adjacent to an activating group) is 2. The van der Waals surface area contributed by atoms with Crippen molar-refractivity contribution < 1.29 is 19.2 Å². The highest BCUT2D eigenvalue weighted by Gasteiger charge is 2.19. The number of carbonyl (C=O) groups excluding carboxylic acids is 1. The van der Waals surface area contributed by atoms with Crippen molar-refractivity contribution in [2.45, 2.75) is 13.1 Å². The van der Waals surface area contributed by atoms with E-state index in [-0.39, 0.29) is 18.4 Å². The summed E-state index contributed by atoms with van der Waals surface area (Å²) in [6.45, 7) is 1.89. The van der Waals surface area contributed by atoms with Crippen LogP contribution in [0.3, 0.4) is 0 Å². The molecule has 0 unspecified atom stereocenters. The molecule has 1 N–H and O–H groups in total. The van der Waals surface area contributed by atoms with Gasteiger partial charge in [0.15, 0.2) is 28.5 Å². The predicted octanol–water partition coefficient (Wildman–Crippen LogP) is 4.99. The molecular formula is C31H29ClN8O5. The minimum absolute atomic E-state index is 0.0711. The van der Waals surface area contributed by atoms with Crippen molar-refractivity contribution >= 4 is 46.1 Å². The van der Waals surface area contributed by atoms with Gasteiger partial charge in [-0.05, 0) is 41.5 Å². The maximum atomic E-state index is 13.0. The van der Waals surface area contributed by atoms with Gasteiger partial charge in [0.2, 0.25) is 12.7 Å². The molecule has 0 saturated heterocycles. The van der Waals surface area contributed by atoms with Crippen LogP contribution in [0.1, 0.15) is 21.5 Å². The molecule has 0 saturated carbocycles. The normalized spacial score (nSPS) is 11.9. The average Bonchev–Trinajstić information content (AvgIpc) is 3.69. The third-order valence-electron chi connectivity index (χ3n) is 7.43. The lowest BCUT2D eigenvalue weighted by molar-refractivity contribution is -0.384. The number of non-ortho nitro benzene ring substituents is 1. The molecular weight excluding hydrogens is 600 g/mol. The third kappa shape index (κ3) is 6.43. The fraction of sp³-hybridized carbons (Fsp3) is 0.226. The first kappa shape index (κ1) is 29.6. The molecule has 13 nitrogen and oxygen atoms in total. The zero-order valence-corrected chi connectivity index (χ0v) is 25.3. The van der Waals surface area contributed by atoms with Crippen LogP contribution in [0, 0.1) is 10.1 Å². The van der Waals surface area contributed by atoms with Gasteiger partial charge in [0.05, 0.1) is 17.8 Å². The van der Waals surface area contributed by atoms with E-state index in [1.54, 1.807) is 18.3 Å². The maximum absolute atomic E-state index is 13.0. The molecule has 6 rings (SSSR count). The quantitative estimate of drug-likeness (QED) is 0.157. The van der Waals surface area contributed by atoms with Gasteiger partial charge in [0, 0.05) is 56.4 Å². The summed E-state index contributed by atoms with van der Waals surface area (Å²) in [6.07, 6.45) is 1.72. The number of halogens is 1. The highest BCUT2D eigenvalue weighted by molar-refractivity contribution is 6.31. The van der Waals surface area contributed by atoms with Gasteiger partial charge in [0.25, 0.3) is 11.6 Å². The van der Waals surface area contributed by atoms with Crippen LogP contribution < -0.4 is 19.7 Å². The Bertz CT molecular complexity index is 1880. The molecule has 0 aliphatic carbocycles. The predicted molar refractivity (Wildman–Crippen MR) is 169 cm³/mol. The summed E-state index contributed by atoms with van der Waals surface area (Å²) in [5.41, 5.74) is 3.41. The van der Waals surface area contributed by atoms with Crippen molar-refractivity contribution in [2.24, 2.45) is 0 Å². The summed E-state index contributed by atoms with van der Waals surface area (Å²) in [5.74, 6) is 2.14. The van der Waals surface area contributed by atoms with Crippen LogP contribution in [-0.4, -0.2) is 69.2 Å². The van der Waals surface area contributed by atoms with E-state index in [1.165, 1.54) is 24.3 Å². The van der Waals surface area contributed by atoms with Crippen LogP contribution in [-0.2, 0) is 13.1 Å². The second-order valence-electron chi connectivity index (χ2n) is 10.5. The molecule has 0 bridgehead atoms. The summed E-state index contributed by atoms with van der Waals surface area (Å²) >= 11 is 6.46. The molecule has 14 heteroatoms. The van der Waals surface area contributed by atoms with Crippen molar-refractivity contribution in [2.75, 3.05) is 44.2 Å². The summed E-state index contributed by atoms with van der Waals surface area (Å²) in [6, 6.07) is 18.9. The van der Waals surface area contributed by atoms with Crippen molar-refractivity contribution in [1.82, 2.24) is 24.4 Å². The van der Waals surface area contributed by atoms with Gasteiger partial charge >= 0.3 is 0 Å². The van der Waals surface area contributed by atoms with Crippen molar-refractivity contribution in [3.8, 4) is 11.5 Å².